The maximum Gasteiger partial charge on any atom is 0.408 e. The number of benzene rings is 2. The molecule has 2 saturated heterocycles. The second-order valence-corrected chi connectivity index (χ2v) is 13.9. The lowest BCUT2D eigenvalue weighted by atomic mass is 10.1. The number of anilines is 1. The number of carbonyl (C=O) groups excluding carboxylic acids is 2. The van der Waals surface area contributed by atoms with Crippen LogP contribution in [0.3, 0.4) is 0 Å². The molecule has 2 heterocycles. The van der Waals surface area contributed by atoms with Gasteiger partial charge in [0.2, 0.25) is 0 Å². The molecule has 3 atom stereocenters. The van der Waals surface area contributed by atoms with Crippen LogP contribution in [0.1, 0.15) is 26.3 Å². The Bertz CT molecular complexity index is 1340. The molecule has 2 aromatic rings. The largest absolute Gasteiger partial charge is 0.495 e. The van der Waals surface area contributed by atoms with E-state index in [9.17, 15) is 18.0 Å². The molecule has 0 spiro atoms. The zero-order valence-electron chi connectivity index (χ0n) is 21.5. The average molecular weight is 580 g/mol. The molecule has 0 bridgehead atoms. The molecule has 0 aliphatic carbocycles. The molecule has 0 radical (unpaired) electrons. The molecular formula is C26H30ClN3O6S2. The van der Waals surface area contributed by atoms with Gasteiger partial charge in [0.1, 0.15) is 17.4 Å². The Morgan fingerprint density at radius 2 is 1.89 bits per heavy atom. The summed E-state index contributed by atoms with van der Waals surface area (Å²) in [5.74, 6) is -0.237. The van der Waals surface area contributed by atoms with E-state index >= 15 is 0 Å². The van der Waals surface area contributed by atoms with Gasteiger partial charge in [0.05, 0.1) is 30.3 Å². The fourth-order valence-corrected chi connectivity index (χ4v) is 8.45. The lowest BCUT2D eigenvalue weighted by Crippen LogP contribution is -2.45. The number of alkyl carbamates (subject to hydrolysis) is 1. The Morgan fingerprint density at radius 3 is 2.55 bits per heavy atom. The van der Waals surface area contributed by atoms with Gasteiger partial charge in [-0.05, 0) is 44.5 Å². The number of amidine groups is 1. The van der Waals surface area contributed by atoms with Crippen LogP contribution in [0.25, 0.3) is 0 Å². The number of amides is 2. The van der Waals surface area contributed by atoms with Gasteiger partial charge in [-0.2, -0.15) is 4.99 Å². The van der Waals surface area contributed by atoms with Crippen LogP contribution in [0.15, 0.2) is 53.5 Å². The minimum Gasteiger partial charge on any atom is -0.495 e. The van der Waals surface area contributed by atoms with Gasteiger partial charge in [0, 0.05) is 16.7 Å². The molecule has 1 N–H and O–H groups in total. The first kappa shape index (κ1) is 28.3. The summed E-state index contributed by atoms with van der Waals surface area (Å²) < 4.78 is 35.8. The third-order valence-electron chi connectivity index (χ3n) is 5.94. The van der Waals surface area contributed by atoms with E-state index in [4.69, 9.17) is 21.1 Å². The fourth-order valence-electron chi connectivity index (χ4n) is 4.37. The molecule has 2 fully saturated rings. The third-order valence-corrected chi connectivity index (χ3v) is 9.39. The van der Waals surface area contributed by atoms with Crippen molar-refractivity contribution in [3.8, 4) is 5.75 Å². The Morgan fingerprint density at radius 1 is 1.18 bits per heavy atom. The van der Waals surface area contributed by atoms with Crippen molar-refractivity contribution in [1.82, 2.24) is 5.32 Å². The Kier molecular flexibility index (Phi) is 8.29. The third kappa shape index (κ3) is 6.81. The molecule has 2 aromatic carbocycles. The molecule has 38 heavy (non-hydrogen) atoms. The predicted molar refractivity (Wildman–Crippen MR) is 150 cm³/mol. The number of ether oxygens (including phenoxy) is 2. The normalized spacial score (nSPS) is 22.1. The van der Waals surface area contributed by atoms with Crippen LogP contribution in [0, 0.1) is 0 Å². The first-order valence-electron chi connectivity index (χ1n) is 12.0. The molecule has 2 amide bonds. The summed E-state index contributed by atoms with van der Waals surface area (Å²) in [6.07, 6.45) is -0.537. The maximum absolute atomic E-state index is 13.6. The number of nitrogens with zero attached hydrogens (tertiary/aromatic N) is 2. The average Bonchev–Trinajstić information content (AvgIpc) is 3.28. The molecule has 2 aliphatic heterocycles. The Hall–Kier alpha value is -2.76. The van der Waals surface area contributed by atoms with Crippen molar-refractivity contribution < 1.29 is 27.5 Å². The first-order chi connectivity index (χ1) is 17.8. The number of aliphatic imine (C=N–C) groups is 1. The van der Waals surface area contributed by atoms with Gasteiger partial charge >= 0.3 is 6.09 Å². The molecular weight excluding hydrogens is 550 g/mol. The molecule has 204 valence electrons. The molecule has 4 rings (SSSR count). The van der Waals surface area contributed by atoms with E-state index in [1.165, 1.54) is 18.9 Å². The minimum atomic E-state index is -3.27. The number of halogens is 1. The number of hydrogen-bond acceptors (Lipinski definition) is 7. The highest BCUT2D eigenvalue weighted by atomic mass is 35.5. The van der Waals surface area contributed by atoms with Gasteiger partial charge in [-0.3, -0.25) is 4.79 Å². The molecule has 0 saturated carbocycles. The lowest BCUT2D eigenvalue weighted by molar-refractivity contribution is -0.119. The Labute approximate surface area is 231 Å². The monoisotopic (exact) mass is 579 g/mol. The summed E-state index contributed by atoms with van der Waals surface area (Å²) in [5.41, 5.74) is 0.599. The van der Waals surface area contributed by atoms with Crippen molar-refractivity contribution in [2.24, 2.45) is 4.99 Å². The highest BCUT2D eigenvalue weighted by Gasteiger charge is 2.50. The van der Waals surface area contributed by atoms with Crippen molar-refractivity contribution >= 4 is 56.1 Å². The topological polar surface area (TPSA) is 114 Å². The fraction of sp³-hybridized carbons (Fsp3) is 0.423. The van der Waals surface area contributed by atoms with Crippen molar-refractivity contribution in [1.29, 1.82) is 0 Å². The van der Waals surface area contributed by atoms with Crippen LogP contribution >= 0.6 is 23.4 Å². The molecule has 0 aromatic heterocycles. The van der Waals surface area contributed by atoms with Gasteiger partial charge in [-0.25, -0.2) is 13.2 Å². The first-order valence-corrected chi connectivity index (χ1v) is 15.1. The molecule has 2 aliphatic rings. The number of carbonyl (C=O) groups is 2. The quantitative estimate of drug-likeness (QED) is 0.544. The highest BCUT2D eigenvalue weighted by molar-refractivity contribution is 8.16. The standard InChI is InChI=1S/C26H30ClN3O6S2/c1-26(2,3)36-25(32)28-18(12-16-8-6-5-7-9-16)23(31)29-24-30(19-13-17(27)10-11-21(19)35-4)20-14-38(33,34)15-22(20)37-24/h5-11,13,18,20,22H,12,14-15H2,1-4H3,(H,28,32)/t18-,20+,22-/m0/s1. The van der Waals surface area contributed by atoms with Gasteiger partial charge in [0.25, 0.3) is 5.91 Å². The molecule has 9 nitrogen and oxygen atoms in total. The van der Waals surface area contributed by atoms with Crippen LogP contribution < -0.4 is 15.0 Å². The van der Waals surface area contributed by atoms with E-state index in [0.29, 0.717) is 21.6 Å². The van der Waals surface area contributed by atoms with Gasteiger partial charge in [-0.1, -0.05) is 53.7 Å². The van der Waals surface area contributed by atoms with Crippen LogP contribution in [-0.4, -0.2) is 67.1 Å². The van der Waals surface area contributed by atoms with E-state index < -0.39 is 39.5 Å². The Balaban J connectivity index is 1.70. The van der Waals surface area contributed by atoms with Crippen LogP contribution in [-0.2, 0) is 25.8 Å². The molecule has 12 heteroatoms. The summed E-state index contributed by atoms with van der Waals surface area (Å²) in [4.78, 5) is 32.3. The number of methoxy groups -OCH3 is 1. The van der Waals surface area contributed by atoms with Crippen LogP contribution in [0.4, 0.5) is 10.5 Å². The van der Waals surface area contributed by atoms with E-state index in [2.05, 4.69) is 10.3 Å². The summed E-state index contributed by atoms with van der Waals surface area (Å²) in [6.45, 7) is 5.21. The van der Waals surface area contributed by atoms with Crippen molar-refractivity contribution in [2.75, 3.05) is 23.5 Å². The van der Waals surface area contributed by atoms with Crippen molar-refractivity contribution in [2.45, 2.75) is 50.1 Å². The molecule has 0 unspecified atom stereocenters. The number of hydrogen-bond donors (Lipinski definition) is 1. The van der Waals surface area contributed by atoms with Gasteiger partial charge in [0.15, 0.2) is 15.0 Å². The highest BCUT2D eigenvalue weighted by Crippen LogP contribution is 2.44. The number of fused-ring (bicyclic) bond motifs is 1. The van der Waals surface area contributed by atoms with Gasteiger partial charge < -0.3 is 19.7 Å². The summed E-state index contributed by atoms with van der Waals surface area (Å²) in [7, 11) is -1.77. The van der Waals surface area contributed by atoms with E-state index in [-0.39, 0.29) is 23.2 Å². The number of rotatable bonds is 6. The van der Waals surface area contributed by atoms with E-state index in [0.717, 1.165) is 5.56 Å². The summed E-state index contributed by atoms with van der Waals surface area (Å²) >= 11 is 7.51. The van der Waals surface area contributed by atoms with Gasteiger partial charge in [-0.15, -0.1) is 0 Å². The zero-order chi connectivity index (χ0) is 27.7. The summed E-state index contributed by atoms with van der Waals surface area (Å²) in [6, 6.07) is 12.8. The lowest BCUT2D eigenvalue weighted by Gasteiger charge is -2.27. The maximum atomic E-state index is 13.6. The smallest absolute Gasteiger partial charge is 0.408 e. The second kappa shape index (κ2) is 11.2. The number of nitrogens with one attached hydrogen (secondary N) is 1. The minimum absolute atomic E-state index is 0.0292. The van der Waals surface area contributed by atoms with Crippen molar-refractivity contribution in [3.05, 3.63) is 59.1 Å². The van der Waals surface area contributed by atoms with Crippen LogP contribution in [0.2, 0.25) is 5.02 Å². The van der Waals surface area contributed by atoms with Crippen LogP contribution in [0.5, 0.6) is 5.75 Å². The second-order valence-electron chi connectivity index (χ2n) is 10.1. The SMILES string of the molecule is COc1ccc(Cl)cc1N1C(=NC(=O)[C@H](Cc2ccccc2)NC(=O)OC(C)(C)C)S[C@H]2CS(=O)(=O)C[C@H]21. The summed E-state index contributed by atoms with van der Waals surface area (Å²) in [5, 5.41) is 3.09. The number of thioether (sulfide) groups is 1. The van der Waals surface area contributed by atoms with Crippen molar-refractivity contribution in [3.63, 3.8) is 0 Å². The van der Waals surface area contributed by atoms with E-state index in [1.807, 2.05) is 30.3 Å². The van der Waals surface area contributed by atoms with E-state index in [1.54, 1.807) is 43.9 Å². The number of sulfone groups is 1. The zero-order valence-corrected chi connectivity index (χ0v) is 23.9. The predicted octanol–water partition coefficient (Wildman–Crippen LogP) is 4.09.